The van der Waals surface area contributed by atoms with Crippen molar-refractivity contribution in [2.45, 2.75) is 70.0 Å². The molecule has 2 atom stereocenters. The third kappa shape index (κ3) is 3.46. The second kappa shape index (κ2) is 6.88. The summed E-state index contributed by atoms with van der Waals surface area (Å²) in [5, 5.41) is 0. The Balaban J connectivity index is 2.03. The van der Waals surface area contributed by atoms with E-state index in [1.54, 1.807) is 0 Å². The maximum absolute atomic E-state index is 6.05. The van der Waals surface area contributed by atoms with Crippen LogP contribution in [0, 0.1) is 0 Å². The summed E-state index contributed by atoms with van der Waals surface area (Å²) in [5.74, 6) is 0. The third-order valence-electron chi connectivity index (χ3n) is 5.09. The van der Waals surface area contributed by atoms with Crippen molar-refractivity contribution in [3.05, 3.63) is 0 Å². The van der Waals surface area contributed by atoms with E-state index in [2.05, 4.69) is 23.8 Å². The third-order valence-corrected chi connectivity index (χ3v) is 5.09. The van der Waals surface area contributed by atoms with Gasteiger partial charge in [0.25, 0.3) is 0 Å². The molecule has 0 amide bonds. The van der Waals surface area contributed by atoms with Crippen LogP contribution < -0.4 is 5.73 Å². The minimum atomic E-state index is 0.572. The van der Waals surface area contributed by atoms with Crippen molar-refractivity contribution in [2.24, 2.45) is 5.73 Å². The van der Waals surface area contributed by atoms with Gasteiger partial charge in [0.05, 0.1) is 0 Å². The summed E-state index contributed by atoms with van der Waals surface area (Å²) in [4.78, 5) is 5.25. The zero-order valence-electron chi connectivity index (χ0n) is 12.3. The maximum atomic E-state index is 6.05. The molecule has 2 rings (SSSR count). The summed E-state index contributed by atoms with van der Waals surface area (Å²) < 4.78 is 0. The molecule has 2 aliphatic rings. The molecule has 0 bridgehead atoms. The van der Waals surface area contributed by atoms with Gasteiger partial charge in [-0.3, -0.25) is 4.90 Å². The fraction of sp³-hybridized carbons (Fsp3) is 1.00. The van der Waals surface area contributed by atoms with Crippen molar-refractivity contribution >= 4 is 0 Å². The molecule has 3 nitrogen and oxygen atoms in total. The Bertz CT molecular complexity index is 234. The molecule has 0 aromatic rings. The Labute approximate surface area is 113 Å². The lowest BCUT2D eigenvalue weighted by Crippen LogP contribution is -2.50. The van der Waals surface area contributed by atoms with E-state index in [1.165, 1.54) is 51.5 Å². The standard InChI is InChI=1S/C15H31N3/c1-13-9-10-18(15(11-16)12-17(13)2)14-7-5-3-4-6-8-14/h13-15H,3-12,16H2,1-2H3. The molecule has 2 fully saturated rings. The highest BCUT2D eigenvalue weighted by atomic mass is 15.3. The minimum absolute atomic E-state index is 0.572. The Kier molecular flexibility index (Phi) is 5.46. The summed E-state index contributed by atoms with van der Waals surface area (Å²) in [6, 6.07) is 2.08. The predicted octanol–water partition coefficient (Wildman–Crippen LogP) is 2.06. The normalized spacial score (nSPS) is 34.2. The van der Waals surface area contributed by atoms with E-state index in [0.29, 0.717) is 12.1 Å². The largest absolute Gasteiger partial charge is 0.329 e. The predicted molar refractivity (Wildman–Crippen MR) is 77.7 cm³/mol. The second-order valence-electron chi connectivity index (χ2n) is 6.35. The van der Waals surface area contributed by atoms with Crippen LogP contribution in [0.5, 0.6) is 0 Å². The van der Waals surface area contributed by atoms with Gasteiger partial charge in [0, 0.05) is 37.8 Å². The number of rotatable bonds is 2. The van der Waals surface area contributed by atoms with E-state index in [9.17, 15) is 0 Å². The molecule has 1 aliphatic carbocycles. The van der Waals surface area contributed by atoms with Gasteiger partial charge < -0.3 is 10.6 Å². The van der Waals surface area contributed by atoms with E-state index >= 15 is 0 Å². The van der Waals surface area contributed by atoms with E-state index < -0.39 is 0 Å². The molecule has 0 radical (unpaired) electrons. The van der Waals surface area contributed by atoms with Gasteiger partial charge >= 0.3 is 0 Å². The Morgan fingerprint density at radius 1 is 1.06 bits per heavy atom. The topological polar surface area (TPSA) is 32.5 Å². The fourth-order valence-corrected chi connectivity index (χ4v) is 3.64. The molecule has 1 saturated carbocycles. The average molecular weight is 253 g/mol. The van der Waals surface area contributed by atoms with Crippen LogP contribution >= 0.6 is 0 Å². The minimum Gasteiger partial charge on any atom is -0.329 e. The van der Waals surface area contributed by atoms with Gasteiger partial charge in [0.2, 0.25) is 0 Å². The van der Waals surface area contributed by atoms with E-state index in [-0.39, 0.29) is 0 Å². The van der Waals surface area contributed by atoms with Crippen LogP contribution in [0.25, 0.3) is 0 Å². The zero-order valence-corrected chi connectivity index (χ0v) is 12.3. The van der Waals surface area contributed by atoms with Crippen LogP contribution in [0.2, 0.25) is 0 Å². The molecule has 2 unspecified atom stereocenters. The number of nitrogens with zero attached hydrogens (tertiary/aromatic N) is 2. The number of nitrogens with two attached hydrogens (primary N) is 1. The summed E-state index contributed by atoms with van der Waals surface area (Å²) in [7, 11) is 2.25. The molecule has 1 saturated heterocycles. The molecular weight excluding hydrogens is 222 g/mol. The van der Waals surface area contributed by atoms with Crippen LogP contribution in [-0.4, -0.2) is 54.6 Å². The molecule has 1 heterocycles. The maximum Gasteiger partial charge on any atom is 0.0348 e. The van der Waals surface area contributed by atoms with Crippen LogP contribution in [0.4, 0.5) is 0 Å². The number of hydrogen-bond donors (Lipinski definition) is 1. The van der Waals surface area contributed by atoms with Crippen LogP contribution in [0.15, 0.2) is 0 Å². The summed E-state index contributed by atoms with van der Waals surface area (Å²) in [6.07, 6.45) is 9.81. The first-order valence-electron chi connectivity index (χ1n) is 7.88. The average Bonchev–Trinajstić information content (AvgIpc) is 2.71. The summed E-state index contributed by atoms with van der Waals surface area (Å²) in [5.41, 5.74) is 6.05. The first kappa shape index (κ1) is 14.3. The zero-order chi connectivity index (χ0) is 13.0. The van der Waals surface area contributed by atoms with Crippen LogP contribution in [-0.2, 0) is 0 Å². The summed E-state index contributed by atoms with van der Waals surface area (Å²) in [6.45, 7) is 5.56. The van der Waals surface area contributed by atoms with Crippen molar-refractivity contribution in [1.29, 1.82) is 0 Å². The van der Waals surface area contributed by atoms with E-state index in [4.69, 9.17) is 5.73 Å². The van der Waals surface area contributed by atoms with Gasteiger partial charge in [-0.25, -0.2) is 0 Å². The molecule has 0 spiro atoms. The van der Waals surface area contributed by atoms with Gasteiger partial charge in [-0.15, -0.1) is 0 Å². The van der Waals surface area contributed by atoms with Gasteiger partial charge in [-0.1, -0.05) is 25.7 Å². The van der Waals surface area contributed by atoms with Gasteiger partial charge in [-0.2, -0.15) is 0 Å². The Hall–Kier alpha value is -0.120. The lowest BCUT2D eigenvalue weighted by atomic mass is 10.0. The van der Waals surface area contributed by atoms with E-state index in [1.807, 2.05) is 0 Å². The van der Waals surface area contributed by atoms with Crippen molar-refractivity contribution in [2.75, 3.05) is 26.7 Å². The fourth-order valence-electron chi connectivity index (χ4n) is 3.64. The van der Waals surface area contributed by atoms with Crippen molar-refractivity contribution in [3.63, 3.8) is 0 Å². The number of hydrogen-bond acceptors (Lipinski definition) is 3. The van der Waals surface area contributed by atoms with Crippen molar-refractivity contribution < 1.29 is 0 Å². The van der Waals surface area contributed by atoms with Crippen LogP contribution in [0.3, 0.4) is 0 Å². The highest BCUT2D eigenvalue weighted by Gasteiger charge is 2.30. The van der Waals surface area contributed by atoms with Gasteiger partial charge in [-0.05, 0) is 33.2 Å². The first-order chi connectivity index (χ1) is 8.72. The SMILES string of the molecule is CC1CCN(C2CCCCCC2)C(CN)CN1C. The Morgan fingerprint density at radius 3 is 2.33 bits per heavy atom. The highest BCUT2D eigenvalue weighted by Crippen LogP contribution is 2.25. The van der Waals surface area contributed by atoms with Gasteiger partial charge in [0.1, 0.15) is 0 Å². The van der Waals surface area contributed by atoms with Crippen molar-refractivity contribution in [1.82, 2.24) is 9.80 Å². The molecule has 0 aromatic heterocycles. The molecule has 18 heavy (non-hydrogen) atoms. The molecule has 1 aliphatic heterocycles. The monoisotopic (exact) mass is 253 g/mol. The molecular formula is C15H31N3. The highest BCUT2D eigenvalue weighted by molar-refractivity contribution is 4.87. The number of likely N-dealkylation sites (N-methyl/N-ethyl adjacent to an activating group) is 1. The van der Waals surface area contributed by atoms with E-state index in [0.717, 1.165) is 19.1 Å². The molecule has 0 aromatic carbocycles. The Morgan fingerprint density at radius 2 is 1.72 bits per heavy atom. The van der Waals surface area contributed by atoms with Gasteiger partial charge in [0.15, 0.2) is 0 Å². The quantitative estimate of drug-likeness (QED) is 0.765. The lowest BCUT2D eigenvalue weighted by molar-refractivity contribution is 0.122. The molecule has 2 N–H and O–H groups in total. The summed E-state index contributed by atoms with van der Waals surface area (Å²) >= 11 is 0. The smallest absolute Gasteiger partial charge is 0.0348 e. The van der Waals surface area contributed by atoms with Crippen molar-refractivity contribution in [3.8, 4) is 0 Å². The lowest BCUT2D eigenvalue weighted by Gasteiger charge is -2.36. The molecule has 106 valence electrons. The first-order valence-corrected chi connectivity index (χ1v) is 7.88. The second-order valence-corrected chi connectivity index (χ2v) is 6.35. The molecule has 3 heteroatoms. The van der Waals surface area contributed by atoms with Crippen LogP contribution in [0.1, 0.15) is 51.9 Å².